The van der Waals surface area contributed by atoms with E-state index in [9.17, 15) is 0 Å². The van der Waals surface area contributed by atoms with Gasteiger partial charge in [0.25, 0.3) is 6.01 Å². The lowest BCUT2D eigenvalue weighted by Gasteiger charge is -1.92. The van der Waals surface area contributed by atoms with Gasteiger partial charge in [0.2, 0.25) is 0 Å². The van der Waals surface area contributed by atoms with Crippen LogP contribution in [0.1, 0.15) is 5.82 Å². The second-order valence-corrected chi connectivity index (χ2v) is 2.58. The van der Waals surface area contributed by atoms with Gasteiger partial charge >= 0.3 is 0 Å². The lowest BCUT2D eigenvalue weighted by Crippen LogP contribution is -1.92. The molecule has 66 valence electrons. The van der Waals surface area contributed by atoms with Crippen molar-refractivity contribution in [2.24, 2.45) is 0 Å². The van der Waals surface area contributed by atoms with Crippen molar-refractivity contribution < 1.29 is 5.11 Å². The van der Waals surface area contributed by atoms with Crippen molar-refractivity contribution >= 4 is 11.2 Å². The largest absolute Gasteiger partial charge is 0.480 e. The van der Waals surface area contributed by atoms with Crippen LogP contribution in [0.4, 0.5) is 0 Å². The van der Waals surface area contributed by atoms with Crippen molar-refractivity contribution in [3.8, 4) is 6.01 Å². The zero-order chi connectivity index (χ0) is 9.26. The van der Waals surface area contributed by atoms with E-state index >= 15 is 0 Å². The number of H-pyrrole nitrogens is 1. The minimum absolute atomic E-state index is 0.139. The van der Waals surface area contributed by atoms with Crippen molar-refractivity contribution in [1.82, 2.24) is 19.9 Å². The topological polar surface area (TPSA) is 74.7 Å². The van der Waals surface area contributed by atoms with E-state index in [4.69, 9.17) is 5.11 Å². The number of imidazole rings is 1. The van der Waals surface area contributed by atoms with Gasteiger partial charge in [0, 0.05) is 6.42 Å². The van der Waals surface area contributed by atoms with Crippen LogP contribution >= 0.6 is 0 Å². The Hall–Kier alpha value is -1.91. The van der Waals surface area contributed by atoms with Gasteiger partial charge in [-0.2, -0.15) is 4.98 Å². The van der Waals surface area contributed by atoms with Crippen LogP contribution in [-0.4, -0.2) is 25.0 Å². The monoisotopic (exact) mass is 176 g/mol. The molecule has 0 fully saturated rings. The van der Waals surface area contributed by atoms with Crippen LogP contribution in [0.2, 0.25) is 0 Å². The van der Waals surface area contributed by atoms with Crippen molar-refractivity contribution in [3.05, 3.63) is 24.7 Å². The zero-order valence-corrected chi connectivity index (χ0v) is 6.86. The predicted molar refractivity (Wildman–Crippen MR) is 47.2 cm³/mol. The maximum Gasteiger partial charge on any atom is 0.293 e. The average Bonchev–Trinajstić information content (AvgIpc) is 2.44. The van der Waals surface area contributed by atoms with Gasteiger partial charge in [0.1, 0.15) is 11.3 Å². The minimum Gasteiger partial charge on any atom is -0.480 e. The van der Waals surface area contributed by atoms with E-state index < -0.39 is 0 Å². The van der Waals surface area contributed by atoms with Crippen LogP contribution in [0.5, 0.6) is 6.01 Å². The summed E-state index contributed by atoms with van der Waals surface area (Å²) < 4.78 is 0. The molecular weight excluding hydrogens is 168 g/mol. The first-order valence-corrected chi connectivity index (χ1v) is 3.81. The van der Waals surface area contributed by atoms with Crippen molar-refractivity contribution in [2.45, 2.75) is 6.42 Å². The molecule has 5 nitrogen and oxygen atoms in total. The lowest BCUT2D eigenvalue weighted by molar-refractivity contribution is 0.438. The molecule has 5 heteroatoms. The summed E-state index contributed by atoms with van der Waals surface area (Å²) in [5.74, 6) is 0.647. The molecule has 0 saturated carbocycles. The molecule has 0 unspecified atom stereocenters. The van der Waals surface area contributed by atoms with Gasteiger partial charge in [-0.1, -0.05) is 6.08 Å². The third-order valence-corrected chi connectivity index (χ3v) is 1.60. The number of aromatic nitrogens is 4. The van der Waals surface area contributed by atoms with Gasteiger partial charge in [-0.05, 0) is 0 Å². The average molecular weight is 176 g/mol. The molecule has 2 aromatic rings. The Balaban J connectivity index is 2.54. The number of aromatic amines is 1. The number of fused-ring (bicyclic) bond motifs is 1. The maximum atomic E-state index is 9.02. The predicted octanol–water partition coefficient (Wildman–Crippen LogP) is 0.787. The molecule has 2 N–H and O–H groups in total. The number of allylic oxidation sites excluding steroid dienone is 1. The minimum atomic E-state index is -0.139. The maximum absolute atomic E-state index is 9.02. The second kappa shape index (κ2) is 2.85. The molecule has 0 amide bonds. The van der Waals surface area contributed by atoms with E-state index in [1.54, 1.807) is 12.3 Å². The van der Waals surface area contributed by atoms with Crippen LogP contribution in [0.3, 0.4) is 0 Å². The van der Waals surface area contributed by atoms with Crippen LogP contribution in [0.15, 0.2) is 18.9 Å². The molecule has 2 heterocycles. The Kier molecular flexibility index (Phi) is 1.70. The van der Waals surface area contributed by atoms with Gasteiger partial charge in [-0.3, -0.25) is 0 Å². The second-order valence-electron chi connectivity index (χ2n) is 2.58. The molecule has 0 radical (unpaired) electrons. The first kappa shape index (κ1) is 7.72. The highest BCUT2D eigenvalue weighted by molar-refractivity contribution is 5.69. The Morgan fingerprint density at radius 2 is 2.38 bits per heavy atom. The fourth-order valence-electron chi connectivity index (χ4n) is 1.06. The molecule has 13 heavy (non-hydrogen) atoms. The van der Waals surface area contributed by atoms with E-state index in [0.717, 1.165) is 0 Å². The van der Waals surface area contributed by atoms with E-state index in [-0.39, 0.29) is 6.01 Å². The fourth-order valence-corrected chi connectivity index (χ4v) is 1.06. The summed E-state index contributed by atoms with van der Waals surface area (Å²) in [6, 6.07) is -0.139. The Bertz CT molecular complexity index is 448. The van der Waals surface area contributed by atoms with Crippen LogP contribution in [-0.2, 0) is 6.42 Å². The molecule has 0 aliphatic heterocycles. The van der Waals surface area contributed by atoms with Gasteiger partial charge in [-0.25, -0.2) is 9.97 Å². The Morgan fingerprint density at radius 1 is 1.54 bits per heavy atom. The molecule has 0 spiro atoms. The number of nitrogens with zero attached hydrogens (tertiary/aromatic N) is 3. The van der Waals surface area contributed by atoms with Crippen molar-refractivity contribution in [1.29, 1.82) is 0 Å². The number of nitrogens with one attached hydrogen (secondary N) is 1. The Morgan fingerprint density at radius 3 is 3.15 bits per heavy atom. The van der Waals surface area contributed by atoms with Gasteiger partial charge in [-0.15, -0.1) is 6.58 Å². The number of rotatable bonds is 2. The van der Waals surface area contributed by atoms with E-state index in [1.807, 2.05) is 0 Å². The number of aromatic hydroxyl groups is 1. The molecule has 0 aliphatic rings. The molecule has 0 atom stereocenters. The van der Waals surface area contributed by atoms with E-state index in [0.29, 0.717) is 23.4 Å². The molecule has 0 saturated heterocycles. The SMILES string of the molecule is C=CCc1ncc2[nH]c(O)nc2n1. The summed E-state index contributed by atoms with van der Waals surface area (Å²) in [6.07, 6.45) is 3.91. The van der Waals surface area contributed by atoms with Crippen molar-refractivity contribution in [3.63, 3.8) is 0 Å². The normalized spacial score (nSPS) is 10.5. The number of hydrogen-bond acceptors (Lipinski definition) is 4. The third kappa shape index (κ3) is 1.35. The van der Waals surface area contributed by atoms with Crippen LogP contribution in [0, 0.1) is 0 Å². The van der Waals surface area contributed by atoms with E-state index in [2.05, 4.69) is 26.5 Å². The first-order valence-electron chi connectivity index (χ1n) is 3.81. The van der Waals surface area contributed by atoms with E-state index in [1.165, 1.54) is 0 Å². The molecule has 2 aromatic heterocycles. The molecule has 0 bridgehead atoms. The third-order valence-electron chi connectivity index (χ3n) is 1.60. The highest BCUT2D eigenvalue weighted by Crippen LogP contribution is 2.11. The smallest absolute Gasteiger partial charge is 0.293 e. The fraction of sp³-hybridized carbons (Fsp3) is 0.125. The summed E-state index contributed by atoms with van der Waals surface area (Å²) >= 11 is 0. The summed E-state index contributed by atoms with van der Waals surface area (Å²) in [5.41, 5.74) is 1.11. The quantitative estimate of drug-likeness (QED) is 0.663. The summed E-state index contributed by atoms with van der Waals surface area (Å²) in [4.78, 5) is 14.5. The molecule has 0 aromatic carbocycles. The van der Waals surface area contributed by atoms with Gasteiger partial charge in [0.05, 0.1) is 6.20 Å². The van der Waals surface area contributed by atoms with Gasteiger partial charge < -0.3 is 10.1 Å². The molecule has 0 aliphatic carbocycles. The first-order chi connectivity index (χ1) is 6.29. The van der Waals surface area contributed by atoms with Crippen molar-refractivity contribution in [2.75, 3.05) is 0 Å². The summed E-state index contributed by atoms with van der Waals surface area (Å²) in [5, 5.41) is 9.02. The van der Waals surface area contributed by atoms with Gasteiger partial charge in [0.15, 0.2) is 5.65 Å². The van der Waals surface area contributed by atoms with Crippen LogP contribution < -0.4 is 0 Å². The number of hydrogen-bond donors (Lipinski definition) is 2. The standard InChI is InChI=1S/C8H8N4O/c1-2-3-6-9-4-5-7(11-6)12-8(13)10-5/h2,4H,1,3H2,(H2,9,10,11,12,13). The molecular formula is C8H8N4O. The van der Waals surface area contributed by atoms with Crippen LogP contribution in [0.25, 0.3) is 11.2 Å². The zero-order valence-electron chi connectivity index (χ0n) is 6.86. The summed E-state index contributed by atoms with van der Waals surface area (Å²) in [7, 11) is 0. The molecule has 2 rings (SSSR count). The Labute approximate surface area is 74.2 Å². The highest BCUT2D eigenvalue weighted by Gasteiger charge is 2.03. The highest BCUT2D eigenvalue weighted by atomic mass is 16.3. The lowest BCUT2D eigenvalue weighted by atomic mass is 10.4. The summed E-state index contributed by atoms with van der Waals surface area (Å²) in [6.45, 7) is 3.58.